The maximum Gasteiger partial charge on any atom is 0.295 e. The molecule has 1 heterocycles. The Morgan fingerprint density at radius 1 is 0.919 bits per heavy atom. The van der Waals surface area contributed by atoms with Crippen LogP contribution in [0.2, 0.25) is 0 Å². The average molecular weight is 502 g/mol. The van der Waals surface area contributed by atoms with Crippen molar-refractivity contribution in [2.45, 2.75) is 32.9 Å². The Morgan fingerprint density at radius 3 is 2.30 bits per heavy atom. The highest BCUT2D eigenvalue weighted by atomic mass is 16.5. The quantitative estimate of drug-likeness (QED) is 0.239. The van der Waals surface area contributed by atoms with Gasteiger partial charge in [0, 0.05) is 6.54 Å². The van der Waals surface area contributed by atoms with Gasteiger partial charge >= 0.3 is 0 Å². The fourth-order valence-corrected chi connectivity index (χ4v) is 4.56. The summed E-state index contributed by atoms with van der Waals surface area (Å²) in [6.07, 6.45) is 0.646. The molecule has 0 aliphatic carbocycles. The van der Waals surface area contributed by atoms with Crippen LogP contribution < -0.4 is 14.2 Å². The molecule has 1 unspecified atom stereocenters. The molecule has 3 aromatic carbocycles. The Kier molecular flexibility index (Phi) is 7.82. The van der Waals surface area contributed by atoms with E-state index in [-0.39, 0.29) is 11.3 Å². The first-order chi connectivity index (χ1) is 17.9. The fourth-order valence-electron chi connectivity index (χ4n) is 4.56. The number of aliphatic hydroxyl groups excluding tert-OH is 1. The highest BCUT2D eigenvalue weighted by molar-refractivity contribution is 6.46. The number of aryl methyl sites for hydroxylation is 1. The lowest BCUT2D eigenvalue weighted by Gasteiger charge is -2.25. The number of Topliss-reactive ketones (excluding diaryl/α,β-unsaturated/α-hetero) is 1. The lowest BCUT2D eigenvalue weighted by molar-refractivity contribution is -0.139. The number of rotatable bonds is 9. The molecule has 1 saturated heterocycles. The van der Waals surface area contributed by atoms with Gasteiger partial charge in [-0.1, -0.05) is 55.0 Å². The highest BCUT2D eigenvalue weighted by Gasteiger charge is 2.46. The van der Waals surface area contributed by atoms with Crippen molar-refractivity contribution in [3.8, 4) is 17.2 Å². The summed E-state index contributed by atoms with van der Waals surface area (Å²) in [7, 11) is 3.03. The molecular formula is C30H31NO6. The number of carbonyl (C=O) groups is 2. The summed E-state index contributed by atoms with van der Waals surface area (Å²) in [5.41, 5.74) is 2.89. The molecule has 4 rings (SSSR count). The first-order valence-electron chi connectivity index (χ1n) is 12.2. The van der Waals surface area contributed by atoms with E-state index in [9.17, 15) is 14.7 Å². The van der Waals surface area contributed by atoms with Crippen LogP contribution in [-0.2, 0) is 16.2 Å². The third kappa shape index (κ3) is 5.16. The maximum atomic E-state index is 13.2. The number of nitrogens with zero attached hydrogens (tertiary/aromatic N) is 1. The number of benzene rings is 3. The van der Waals surface area contributed by atoms with Crippen LogP contribution in [0.1, 0.15) is 41.6 Å². The Hall–Kier alpha value is -4.26. The van der Waals surface area contributed by atoms with Crippen LogP contribution in [-0.4, -0.2) is 42.5 Å². The molecule has 1 aliphatic rings. The van der Waals surface area contributed by atoms with Gasteiger partial charge in [0.15, 0.2) is 11.5 Å². The molecule has 0 radical (unpaired) electrons. The predicted octanol–water partition coefficient (Wildman–Crippen LogP) is 5.42. The van der Waals surface area contributed by atoms with Crippen LogP contribution in [0.3, 0.4) is 0 Å². The largest absolute Gasteiger partial charge is 0.507 e. The van der Waals surface area contributed by atoms with Gasteiger partial charge in [0.2, 0.25) is 0 Å². The summed E-state index contributed by atoms with van der Waals surface area (Å²) in [5.74, 6) is -0.255. The Balaban J connectivity index is 1.79. The van der Waals surface area contributed by atoms with Gasteiger partial charge in [0.1, 0.15) is 18.1 Å². The van der Waals surface area contributed by atoms with E-state index in [4.69, 9.17) is 14.2 Å². The van der Waals surface area contributed by atoms with E-state index in [0.29, 0.717) is 47.9 Å². The normalized spacial score (nSPS) is 16.6. The van der Waals surface area contributed by atoms with Gasteiger partial charge in [-0.25, -0.2) is 0 Å². The van der Waals surface area contributed by atoms with Crippen molar-refractivity contribution in [2.75, 3.05) is 20.8 Å². The van der Waals surface area contributed by atoms with E-state index in [2.05, 4.69) is 0 Å². The van der Waals surface area contributed by atoms with Gasteiger partial charge < -0.3 is 24.2 Å². The molecule has 1 atom stereocenters. The maximum absolute atomic E-state index is 13.2. The zero-order chi connectivity index (χ0) is 26.5. The van der Waals surface area contributed by atoms with Crippen LogP contribution in [0.4, 0.5) is 0 Å². The molecule has 192 valence electrons. The molecule has 1 aliphatic heterocycles. The summed E-state index contributed by atoms with van der Waals surface area (Å²) in [4.78, 5) is 27.8. The lowest BCUT2D eigenvalue weighted by Crippen LogP contribution is -2.30. The van der Waals surface area contributed by atoms with Crippen molar-refractivity contribution in [3.63, 3.8) is 0 Å². The van der Waals surface area contributed by atoms with Crippen LogP contribution >= 0.6 is 0 Å². The molecule has 7 nitrogen and oxygen atoms in total. The number of carbonyl (C=O) groups excluding carboxylic acids is 2. The van der Waals surface area contributed by atoms with Crippen molar-refractivity contribution >= 4 is 17.4 Å². The van der Waals surface area contributed by atoms with E-state index in [0.717, 1.165) is 11.1 Å². The molecule has 0 aromatic heterocycles. The molecule has 1 amide bonds. The van der Waals surface area contributed by atoms with Crippen LogP contribution in [0.25, 0.3) is 5.76 Å². The minimum absolute atomic E-state index is 0.0161. The SMILES string of the molecule is CCCN1C(=O)C(=O)/C(=C(/O)c2cc(C)ccc2OC)C1c1ccc(OCc2ccccc2)c(OC)c1. The second-order valence-electron chi connectivity index (χ2n) is 8.88. The topological polar surface area (TPSA) is 85.3 Å². The summed E-state index contributed by atoms with van der Waals surface area (Å²) in [5, 5.41) is 11.4. The number of amides is 1. The molecule has 0 saturated carbocycles. The number of aliphatic hydroxyl groups is 1. The third-order valence-corrected chi connectivity index (χ3v) is 6.36. The zero-order valence-corrected chi connectivity index (χ0v) is 21.5. The van der Waals surface area contributed by atoms with Crippen LogP contribution in [0, 0.1) is 6.92 Å². The van der Waals surface area contributed by atoms with Crippen molar-refractivity contribution in [1.29, 1.82) is 0 Å². The average Bonchev–Trinajstić information content (AvgIpc) is 3.17. The van der Waals surface area contributed by atoms with Gasteiger partial charge in [-0.3, -0.25) is 9.59 Å². The van der Waals surface area contributed by atoms with Crippen LogP contribution in [0.5, 0.6) is 17.2 Å². The number of hydrogen-bond acceptors (Lipinski definition) is 6. The van der Waals surface area contributed by atoms with Gasteiger partial charge in [-0.05, 0) is 48.7 Å². The first-order valence-corrected chi connectivity index (χ1v) is 12.2. The van der Waals surface area contributed by atoms with Crippen LogP contribution in [0.15, 0.2) is 72.3 Å². The second kappa shape index (κ2) is 11.2. The molecule has 7 heteroatoms. The van der Waals surface area contributed by atoms with E-state index in [1.54, 1.807) is 30.3 Å². The number of methoxy groups -OCH3 is 2. The summed E-state index contributed by atoms with van der Waals surface area (Å²) >= 11 is 0. The monoisotopic (exact) mass is 501 g/mol. The number of hydrogen-bond donors (Lipinski definition) is 1. The van der Waals surface area contributed by atoms with E-state index in [1.165, 1.54) is 19.1 Å². The molecule has 37 heavy (non-hydrogen) atoms. The van der Waals surface area contributed by atoms with E-state index < -0.39 is 17.7 Å². The van der Waals surface area contributed by atoms with E-state index in [1.807, 2.05) is 50.2 Å². The molecule has 3 aromatic rings. The molecular weight excluding hydrogens is 470 g/mol. The standard InChI is InChI=1S/C30H31NO6/c1-5-15-31-27(21-12-14-24(25(17-21)36-4)37-18-20-9-7-6-8-10-20)26(29(33)30(31)34)28(32)22-16-19(2)11-13-23(22)35-3/h6-14,16-17,27,32H,5,15,18H2,1-4H3/b28-26+. The van der Waals surface area contributed by atoms with Crippen molar-refractivity contribution in [1.82, 2.24) is 4.90 Å². The number of ketones is 1. The van der Waals surface area contributed by atoms with Crippen molar-refractivity contribution < 1.29 is 28.9 Å². The predicted molar refractivity (Wildman–Crippen MR) is 141 cm³/mol. The second-order valence-corrected chi connectivity index (χ2v) is 8.88. The van der Waals surface area contributed by atoms with Gasteiger partial charge in [0.25, 0.3) is 11.7 Å². The molecule has 0 spiro atoms. The third-order valence-electron chi connectivity index (χ3n) is 6.36. The van der Waals surface area contributed by atoms with Crippen molar-refractivity contribution in [2.24, 2.45) is 0 Å². The number of likely N-dealkylation sites (tertiary alicyclic amines) is 1. The van der Waals surface area contributed by atoms with Crippen molar-refractivity contribution in [3.05, 3.63) is 94.6 Å². The minimum atomic E-state index is -0.790. The first kappa shape index (κ1) is 25.8. The summed E-state index contributed by atoms with van der Waals surface area (Å²) in [6.45, 7) is 4.52. The smallest absolute Gasteiger partial charge is 0.295 e. The molecule has 1 fully saturated rings. The highest BCUT2D eigenvalue weighted by Crippen LogP contribution is 2.43. The fraction of sp³-hybridized carbons (Fsp3) is 0.267. The van der Waals surface area contributed by atoms with Gasteiger partial charge in [-0.2, -0.15) is 0 Å². The van der Waals surface area contributed by atoms with E-state index >= 15 is 0 Å². The molecule has 1 N–H and O–H groups in total. The summed E-state index contributed by atoms with van der Waals surface area (Å²) < 4.78 is 17.0. The zero-order valence-electron chi connectivity index (χ0n) is 21.5. The Labute approximate surface area is 216 Å². The lowest BCUT2D eigenvalue weighted by atomic mass is 9.94. The van der Waals surface area contributed by atoms with Gasteiger partial charge in [-0.15, -0.1) is 0 Å². The van der Waals surface area contributed by atoms with Gasteiger partial charge in [0.05, 0.1) is 31.4 Å². The minimum Gasteiger partial charge on any atom is -0.507 e. The Morgan fingerprint density at radius 2 is 1.62 bits per heavy atom. The molecule has 0 bridgehead atoms. The Bertz CT molecular complexity index is 1330. The number of ether oxygens (including phenoxy) is 3. The summed E-state index contributed by atoms with van der Waals surface area (Å²) in [6, 6.07) is 19.6.